The van der Waals surface area contributed by atoms with Crippen molar-refractivity contribution in [1.82, 2.24) is 0 Å². The Kier molecular flexibility index (Phi) is 3.82. The molecule has 0 spiro atoms. The Hall–Kier alpha value is 0. The topological polar surface area (TPSA) is 0 Å². The van der Waals surface area contributed by atoms with Crippen molar-refractivity contribution in [2.75, 3.05) is 0 Å². The quantitative estimate of drug-likeness (QED) is 0.593. The highest BCUT2D eigenvalue weighted by Gasteiger charge is 2.42. The zero-order valence-corrected chi connectivity index (χ0v) is 10.0. The fraction of sp³-hybridized carbons (Fsp3) is 1.00. The van der Waals surface area contributed by atoms with Crippen LogP contribution in [0.15, 0.2) is 0 Å². The van der Waals surface area contributed by atoms with E-state index in [9.17, 15) is 0 Å². The maximum Gasteiger partial charge on any atom is -0.0352 e. The van der Waals surface area contributed by atoms with Crippen LogP contribution < -0.4 is 0 Å². The average molecular weight is 182 g/mol. The Bertz CT molecular complexity index is 146. The molecule has 0 radical (unpaired) electrons. The molecule has 1 fully saturated rings. The van der Waals surface area contributed by atoms with Crippen LogP contribution in [0.2, 0.25) is 0 Å². The zero-order chi connectivity index (χ0) is 10.0. The van der Waals surface area contributed by atoms with E-state index in [1.54, 1.807) is 0 Å². The van der Waals surface area contributed by atoms with E-state index in [0.29, 0.717) is 0 Å². The molecule has 0 nitrogen and oxygen atoms in total. The molecule has 0 bridgehead atoms. The van der Waals surface area contributed by atoms with E-state index < -0.39 is 0 Å². The second-order valence-corrected chi connectivity index (χ2v) is 5.61. The largest absolute Gasteiger partial charge is 0.0651 e. The van der Waals surface area contributed by atoms with Gasteiger partial charge in [-0.2, -0.15) is 0 Å². The van der Waals surface area contributed by atoms with Crippen molar-refractivity contribution in [1.29, 1.82) is 0 Å². The summed E-state index contributed by atoms with van der Waals surface area (Å²) in [5.74, 6) is 4.93. The minimum Gasteiger partial charge on any atom is -0.0651 e. The third kappa shape index (κ3) is 3.00. The summed E-state index contributed by atoms with van der Waals surface area (Å²) in [5.41, 5.74) is 0. The van der Waals surface area contributed by atoms with E-state index in [1.807, 2.05) is 0 Å². The first-order valence-corrected chi connectivity index (χ1v) is 6.06. The van der Waals surface area contributed by atoms with Crippen LogP contribution in [0.3, 0.4) is 0 Å². The molecule has 1 saturated carbocycles. The molecule has 1 aliphatic rings. The summed E-state index contributed by atoms with van der Waals surface area (Å²) in [4.78, 5) is 0. The van der Waals surface area contributed by atoms with Crippen LogP contribution in [0.4, 0.5) is 0 Å². The van der Waals surface area contributed by atoms with Gasteiger partial charge in [0.25, 0.3) is 0 Å². The smallest absolute Gasteiger partial charge is 0.0352 e. The van der Waals surface area contributed by atoms with Crippen molar-refractivity contribution in [3.8, 4) is 0 Å². The average Bonchev–Trinajstić information content (AvgIpc) is 2.77. The lowest BCUT2D eigenvalue weighted by Crippen LogP contribution is -2.14. The SMILES string of the molecule is CCC1CC1C(CC(C)C)C(C)C. The van der Waals surface area contributed by atoms with Crippen LogP contribution in [0.1, 0.15) is 53.9 Å². The molecule has 0 saturated heterocycles. The van der Waals surface area contributed by atoms with Gasteiger partial charge in [0.15, 0.2) is 0 Å². The zero-order valence-electron chi connectivity index (χ0n) is 10.0. The standard InChI is InChI=1S/C13H26/c1-6-11-8-13(11)12(10(4)5)7-9(2)3/h9-13H,6-8H2,1-5H3. The minimum absolute atomic E-state index is 0.880. The van der Waals surface area contributed by atoms with Gasteiger partial charge in [-0.3, -0.25) is 0 Å². The van der Waals surface area contributed by atoms with Crippen LogP contribution in [0.5, 0.6) is 0 Å². The molecule has 0 heterocycles. The third-order valence-electron chi connectivity index (χ3n) is 3.65. The summed E-state index contributed by atoms with van der Waals surface area (Å²) < 4.78 is 0. The Morgan fingerprint density at radius 3 is 2.08 bits per heavy atom. The van der Waals surface area contributed by atoms with E-state index in [1.165, 1.54) is 19.3 Å². The van der Waals surface area contributed by atoms with Gasteiger partial charge in [0.1, 0.15) is 0 Å². The van der Waals surface area contributed by atoms with Crippen molar-refractivity contribution in [3.05, 3.63) is 0 Å². The first-order chi connectivity index (χ1) is 6.06. The molecule has 0 heteroatoms. The molecule has 13 heavy (non-hydrogen) atoms. The highest BCUT2D eigenvalue weighted by atomic mass is 14.5. The van der Waals surface area contributed by atoms with Crippen LogP contribution >= 0.6 is 0 Å². The molecule has 78 valence electrons. The molecule has 0 aliphatic heterocycles. The first-order valence-electron chi connectivity index (χ1n) is 6.06. The van der Waals surface area contributed by atoms with Gasteiger partial charge < -0.3 is 0 Å². The van der Waals surface area contributed by atoms with Gasteiger partial charge in [0, 0.05) is 0 Å². The van der Waals surface area contributed by atoms with Gasteiger partial charge in [0.05, 0.1) is 0 Å². The van der Waals surface area contributed by atoms with Crippen molar-refractivity contribution < 1.29 is 0 Å². The van der Waals surface area contributed by atoms with Gasteiger partial charge in [-0.05, 0) is 42.4 Å². The molecule has 0 aromatic carbocycles. The molecular weight excluding hydrogens is 156 g/mol. The van der Waals surface area contributed by atoms with E-state index in [0.717, 1.165) is 29.6 Å². The highest BCUT2D eigenvalue weighted by molar-refractivity contribution is 4.91. The normalized spacial score (nSPS) is 29.8. The molecule has 1 rings (SSSR count). The van der Waals surface area contributed by atoms with Crippen LogP contribution in [-0.2, 0) is 0 Å². The molecular formula is C13H26. The van der Waals surface area contributed by atoms with Crippen molar-refractivity contribution in [3.63, 3.8) is 0 Å². The molecule has 0 amide bonds. The van der Waals surface area contributed by atoms with E-state index in [4.69, 9.17) is 0 Å². The first kappa shape index (κ1) is 11.1. The van der Waals surface area contributed by atoms with Gasteiger partial charge >= 0.3 is 0 Å². The Morgan fingerprint density at radius 1 is 1.15 bits per heavy atom. The lowest BCUT2D eigenvalue weighted by atomic mass is 9.83. The third-order valence-corrected chi connectivity index (χ3v) is 3.65. The van der Waals surface area contributed by atoms with Crippen molar-refractivity contribution >= 4 is 0 Å². The molecule has 3 atom stereocenters. The second kappa shape index (κ2) is 4.48. The highest BCUT2D eigenvalue weighted by Crippen LogP contribution is 2.50. The minimum atomic E-state index is 0.880. The Morgan fingerprint density at radius 2 is 1.77 bits per heavy atom. The van der Waals surface area contributed by atoms with Gasteiger partial charge in [-0.25, -0.2) is 0 Å². The second-order valence-electron chi connectivity index (χ2n) is 5.61. The van der Waals surface area contributed by atoms with Crippen LogP contribution in [0.25, 0.3) is 0 Å². The van der Waals surface area contributed by atoms with Gasteiger partial charge in [0.2, 0.25) is 0 Å². The van der Waals surface area contributed by atoms with Crippen LogP contribution in [-0.4, -0.2) is 0 Å². The lowest BCUT2D eigenvalue weighted by Gasteiger charge is -2.23. The fourth-order valence-electron chi connectivity index (χ4n) is 2.75. The summed E-state index contributed by atoms with van der Waals surface area (Å²) in [6.45, 7) is 11.9. The summed E-state index contributed by atoms with van der Waals surface area (Å²) in [7, 11) is 0. The predicted molar refractivity (Wildman–Crippen MR) is 59.7 cm³/mol. The van der Waals surface area contributed by atoms with Crippen molar-refractivity contribution in [2.45, 2.75) is 53.9 Å². The molecule has 0 aromatic rings. The van der Waals surface area contributed by atoms with E-state index >= 15 is 0 Å². The van der Waals surface area contributed by atoms with E-state index in [-0.39, 0.29) is 0 Å². The predicted octanol–water partition coefficient (Wildman–Crippen LogP) is 4.35. The Labute approximate surface area is 84.1 Å². The summed E-state index contributed by atoms with van der Waals surface area (Å²) in [5, 5.41) is 0. The monoisotopic (exact) mass is 182 g/mol. The number of hydrogen-bond acceptors (Lipinski definition) is 0. The summed E-state index contributed by atoms with van der Waals surface area (Å²) in [6.07, 6.45) is 4.37. The molecule has 0 N–H and O–H groups in total. The maximum absolute atomic E-state index is 2.40. The van der Waals surface area contributed by atoms with E-state index in [2.05, 4.69) is 34.6 Å². The number of hydrogen-bond donors (Lipinski definition) is 0. The fourth-order valence-corrected chi connectivity index (χ4v) is 2.75. The molecule has 0 aromatic heterocycles. The van der Waals surface area contributed by atoms with Gasteiger partial charge in [-0.15, -0.1) is 0 Å². The summed E-state index contributed by atoms with van der Waals surface area (Å²) in [6, 6.07) is 0. The molecule has 3 unspecified atom stereocenters. The Balaban J connectivity index is 2.40. The van der Waals surface area contributed by atoms with Gasteiger partial charge in [-0.1, -0.05) is 41.0 Å². The molecule has 1 aliphatic carbocycles. The summed E-state index contributed by atoms with van der Waals surface area (Å²) >= 11 is 0. The number of rotatable bonds is 5. The van der Waals surface area contributed by atoms with Crippen LogP contribution in [0, 0.1) is 29.6 Å². The lowest BCUT2D eigenvalue weighted by molar-refractivity contribution is 0.269. The van der Waals surface area contributed by atoms with Crippen molar-refractivity contribution in [2.24, 2.45) is 29.6 Å². The maximum atomic E-state index is 2.40.